The van der Waals surface area contributed by atoms with Gasteiger partial charge in [0.05, 0.1) is 11.6 Å². The normalized spacial score (nSPS) is 16.4. The SMILES string of the molecule is CC1=NNC(=Nc2nc(C(N)c3ccc(F)cc3C)nc3ccccc23)C1. The molecule has 1 aliphatic rings. The Kier molecular flexibility index (Phi) is 4.37. The van der Waals surface area contributed by atoms with Gasteiger partial charge in [-0.2, -0.15) is 5.10 Å². The molecule has 0 bridgehead atoms. The lowest BCUT2D eigenvalue weighted by atomic mass is 10.0. The van der Waals surface area contributed by atoms with Crippen molar-refractivity contribution in [2.24, 2.45) is 15.8 Å². The molecule has 0 amide bonds. The van der Waals surface area contributed by atoms with Crippen molar-refractivity contribution in [3.05, 3.63) is 65.2 Å². The Hall–Kier alpha value is -3.19. The molecule has 7 heteroatoms. The monoisotopic (exact) mass is 362 g/mol. The van der Waals surface area contributed by atoms with E-state index in [1.165, 1.54) is 12.1 Å². The largest absolute Gasteiger partial charge is 0.318 e. The van der Waals surface area contributed by atoms with Gasteiger partial charge in [0.2, 0.25) is 0 Å². The maximum Gasteiger partial charge on any atom is 0.165 e. The van der Waals surface area contributed by atoms with Gasteiger partial charge in [0.15, 0.2) is 11.6 Å². The molecule has 0 saturated heterocycles. The number of halogens is 1. The van der Waals surface area contributed by atoms with E-state index in [4.69, 9.17) is 5.73 Å². The van der Waals surface area contributed by atoms with Crippen LogP contribution in [0.15, 0.2) is 52.6 Å². The summed E-state index contributed by atoms with van der Waals surface area (Å²) >= 11 is 0. The summed E-state index contributed by atoms with van der Waals surface area (Å²) in [4.78, 5) is 13.9. The molecule has 1 aromatic heterocycles. The maximum absolute atomic E-state index is 13.4. The van der Waals surface area contributed by atoms with Gasteiger partial charge in [0.25, 0.3) is 0 Å². The van der Waals surface area contributed by atoms with Crippen molar-refractivity contribution in [1.29, 1.82) is 0 Å². The summed E-state index contributed by atoms with van der Waals surface area (Å²) in [6.07, 6.45) is 0.650. The number of hydrogen-bond acceptors (Lipinski definition) is 5. The van der Waals surface area contributed by atoms with E-state index >= 15 is 0 Å². The molecule has 27 heavy (non-hydrogen) atoms. The molecule has 136 valence electrons. The predicted octanol–water partition coefficient (Wildman–Crippen LogP) is 3.52. The number of nitrogens with zero attached hydrogens (tertiary/aromatic N) is 4. The van der Waals surface area contributed by atoms with Gasteiger partial charge in [-0.1, -0.05) is 18.2 Å². The van der Waals surface area contributed by atoms with Crippen LogP contribution >= 0.6 is 0 Å². The van der Waals surface area contributed by atoms with Gasteiger partial charge < -0.3 is 5.73 Å². The molecule has 2 heterocycles. The van der Waals surface area contributed by atoms with Crippen LogP contribution in [0.1, 0.15) is 36.3 Å². The fourth-order valence-corrected chi connectivity index (χ4v) is 3.10. The van der Waals surface area contributed by atoms with Crippen LogP contribution in [-0.4, -0.2) is 21.5 Å². The minimum absolute atomic E-state index is 0.294. The highest BCUT2D eigenvalue weighted by atomic mass is 19.1. The predicted molar refractivity (Wildman–Crippen MR) is 105 cm³/mol. The quantitative estimate of drug-likeness (QED) is 0.746. The average molecular weight is 362 g/mol. The number of aryl methyl sites for hydroxylation is 1. The number of aromatic nitrogens is 2. The van der Waals surface area contributed by atoms with Crippen LogP contribution in [0, 0.1) is 12.7 Å². The van der Waals surface area contributed by atoms with Crippen LogP contribution in [0.4, 0.5) is 10.2 Å². The summed E-state index contributed by atoms with van der Waals surface area (Å²) in [5, 5.41) is 4.99. The molecule has 1 atom stereocenters. The van der Waals surface area contributed by atoms with Gasteiger partial charge >= 0.3 is 0 Å². The van der Waals surface area contributed by atoms with E-state index in [0.29, 0.717) is 18.1 Å². The van der Waals surface area contributed by atoms with Crippen molar-refractivity contribution in [2.75, 3.05) is 0 Å². The van der Waals surface area contributed by atoms with E-state index in [-0.39, 0.29) is 5.82 Å². The van der Waals surface area contributed by atoms with Crippen LogP contribution in [0.3, 0.4) is 0 Å². The highest BCUT2D eigenvalue weighted by molar-refractivity contribution is 6.07. The first kappa shape index (κ1) is 17.2. The van der Waals surface area contributed by atoms with Gasteiger partial charge in [-0.15, -0.1) is 0 Å². The van der Waals surface area contributed by atoms with Crippen LogP contribution in [0.2, 0.25) is 0 Å². The Morgan fingerprint density at radius 1 is 1.15 bits per heavy atom. The average Bonchev–Trinajstić information content (AvgIpc) is 3.06. The smallest absolute Gasteiger partial charge is 0.165 e. The van der Waals surface area contributed by atoms with Crippen molar-refractivity contribution >= 4 is 28.3 Å². The molecular formula is C20H19FN6. The Labute approximate surface area is 156 Å². The van der Waals surface area contributed by atoms with E-state index in [9.17, 15) is 4.39 Å². The minimum atomic E-state index is -0.580. The first-order chi connectivity index (χ1) is 13.0. The maximum atomic E-state index is 13.4. The number of rotatable bonds is 3. The van der Waals surface area contributed by atoms with E-state index in [1.54, 1.807) is 6.07 Å². The molecular weight excluding hydrogens is 343 g/mol. The molecule has 0 saturated carbocycles. The van der Waals surface area contributed by atoms with Crippen LogP contribution < -0.4 is 11.2 Å². The summed E-state index contributed by atoms with van der Waals surface area (Å²) in [5.74, 6) is 1.42. The zero-order valence-corrected chi connectivity index (χ0v) is 15.1. The summed E-state index contributed by atoms with van der Waals surface area (Å²) in [5.41, 5.74) is 12.6. The standard InChI is InChI=1S/C20H19FN6/c1-11-9-13(21)7-8-14(11)18(22)20-23-16-6-4-3-5-15(16)19(25-20)24-17-10-12(2)26-27-17/h3-9,18H,10,22H2,1-2H3,(H,23,24,25,27). The Morgan fingerprint density at radius 2 is 1.96 bits per heavy atom. The molecule has 3 aromatic rings. The molecule has 3 N–H and O–H groups in total. The molecule has 1 unspecified atom stereocenters. The molecule has 0 radical (unpaired) electrons. The minimum Gasteiger partial charge on any atom is -0.318 e. The topological polar surface area (TPSA) is 88.5 Å². The fraction of sp³-hybridized carbons (Fsp3) is 0.200. The number of benzene rings is 2. The summed E-state index contributed by atoms with van der Waals surface area (Å²) in [7, 11) is 0. The Balaban J connectivity index is 1.82. The lowest BCUT2D eigenvalue weighted by Gasteiger charge is -2.15. The summed E-state index contributed by atoms with van der Waals surface area (Å²) in [6, 6.07) is 11.6. The van der Waals surface area contributed by atoms with E-state index < -0.39 is 6.04 Å². The highest BCUT2D eigenvalue weighted by Gasteiger charge is 2.18. The Bertz CT molecular complexity index is 1090. The van der Waals surface area contributed by atoms with E-state index in [1.807, 2.05) is 38.1 Å². The molecule has 0 spiro atoms. The molecule has 4 rings (SSSR count). The van der Waals surface area contributed by atoms with Gasteiger partial charge in [-0.05, 0) is 49.2 Å². The second-order valence-electron chi connectivity index (χ2n) is 6.60. The lowest BCUT2D eigenvalue weighted by molar-refractivity contribution is 0.624. The van der Waals surface area contributed by atoms with Crippen LogP contribution in [0.25, 0.3) is 10.9 Å². The number of fused-ring (bicyclic) bond motifs is 1. The number of nitrogens with one attached hydrogen (secondary N) is 1. The summed E-state index contributed by atoms with van der Waals surface area (Å²) in [6.45, 7) is 3.76. The zero-order valence-electron chi connectivity index (χ0n) is 15.1. The second kappa shape index (κ2) is 6.85. The molecule has 0 fully saturated rings. The highest BCUT2D eigenvalue weighted by Crippen LogP contribution is 2.28. The van der Waals surface area contributed by atoms with Gasteiger partial charge in [-0.3, -0.25) is 5.43 Å². The second-order valence-corrected chi connectivity index (χ2v) is 6.60. The van der Waals surface area contributed by atoms with Crippen LogP contribution in [0.5, 0.6) is 0 Å². The fourth-order valence-electron chi connectivity index (χ4n) is 3.10. The van der Waals surface area contributed by atoms with Gasteiger partial charge in [0.1, 0.15) is 11.7 Å². The lowest BCUT2D eigenvalue weighted by Crippen LogP contribution is -2.17. The number of amidine groups is 1. The first-order valence-electron chi connectivity index (χ1n) is 8.66. The summed E-state index contributed by atoms with van der Waals surface area (Å²) < 4.78 is 13.4. The molecule has 6 nitrogen and oxygen atoms in total. The molecule has 1 aliphatic heterocycles. The van der Waals surface area contributed by atoms with Crippen molar-refractivity contribution in [3.8, 4) is 0 Å². The number of aliphatic imine (C=N–C) groups is 1. The van der Waals surface area contributed by atoms with Crippen molar-refractivity contribution < 1.29 is 4.39 Å². The number of hydrogen-bond donors (Lipinski definition) is 2. The van der Waals surface area contributed by atoms with Crippen molar-refractivity contribution in [1.82, 2.24) is 15.4 Å². The van der Waals surface area contributed by atoms with E-state index in [2.05, 4.69) is 25.5 Å². The third-order valence-electron chi connectivity index (χ3n) is 4.49. The van der Waals surface area contributed by atoms with Crippen molar-refractivity contribution in [3.63, 3.8) is 0 Å². The number of nitrogens with two attached hydrogens (primary N) is 1. The van der Waals surface area contributed by atoms with Crippen molar-refractivity contribution in [2.45, 2.75) is 26.3 Å². The van der Waals surface area contributed by atoms with E-state index in [0.717, 1.165) is 33.6 Å². The number of hydrazone groups is 1. The number of para-hydroxylation sites is 1. The zero-order chi connectivity index (χ0) is 19.0. The third-order valence-corrected chi connectivity index (χ3v) is 4.49. The van der Waals surface area contributed by atoms with Gasteiger partial charge in [-0.25, -0.2) is 19.4 Å². The molecule has 2 aromatic carbocycles. The van der Waals surface area contributed by atoms with Crippen LogP contribution in [-0.2, 0) is 0 Å². The Morgan fingerprint density at radius 3 is 2.70 bits per heavy atom. The first-order valence-corrected chi connectivity index (χ1v) is 8.66. The third kappa shape index (κ3) is 3.41. The molecule has 0 aliphatic carbocycles. The van der Waals surface area contributed by atoms with Gasteiger partial charge in [0, 0.05) is 17.5 Å².